The van der Waals surface area contributed by atoms with Gasteiger partial charge in [-0.2, -0.15) is 26.3 Å². The second-order valence-corrected chi connectivity index (χ2v) is 8.23. The zero-order valence-corrected chi connectivity index (χ0v) is 16.1. The summed E-state index contributed by atoms with van der Waals surface area (Å²) in [6.45, 7) is 0.884. The van der Waals surface area contributed by atoms with Crippen molar-refractivity contribution in [2.75, 3.05) is 13.1 Å². The van der Waals surface area contributed by atoms with Gasteiger partial charge in [0, 0.05) is 25.9 Å². The number of nitrogens with zero attached hydrogens (tertiary/aromatic N) is 1. The maximum Gasteiger partial charge on any atom is 0.416 e. The molecule has 2 N–H and O–H groups in total. The van der Waals surface area contributed by atoms with Crippen molar-refractivity contribution in [3.05, 3.63) is 34.9 Å². The second kappa shape index (κ2) is 7.86. The first-order valence-electron chi connectivity index (χ1n) is 9.66. The van der Waals surface area contributed by atoms with Gasteiger partial charge in [0.25, 0.3) is 0 Å². The van der Waals surface area contributed by atoms with E-state index in [1.54, 1.807) is 4.90 Å². The van der Waals surface area contributed by atoms with Gasteiger partial charge >= 0.3 is 12.4 Å². The first-order valence-corrected chi connectivity index (χ1v) is 9.66. The van der Waals surface area contributed by atoms with Gasteiger partial charge in [0.15, 0.2) is 0 Å². The molecule has 30 heavy (non-hydrogen) atoms. The molecule has 1 amide bonds. The van der Waals surface area contributed by atoms with Crippen molar-refractivity contribution in [2.24, 2.45) is 11.7 Å². The molecule has 1 aliphatic carbocycles. The first-order chi connectivity index (χ1) is 13.8. The third kappa shape index (κ3) is 5.33. The Morgan fingerprint density at radius 3 is 1.90 bits per heavy atom. The van der Waals surface area contributed by atoms with Gasteiger partial charge in [-0.05, 0) is 55.4 Å². The highest BCUT2D eigenvalue weighted by molar-refractivity contribution is 5.89. The van der Waals surface area contributed by atoms with Crippen LogP contribution in [0.15, 0.2) is 18.2 Å². The smallest absolute Gasteiger partial charge is 0.341 e. The Morgan fingerprint density at radius 1 is 0.967 bits per heavy atom. The van der Waals surface area contributed by atoms with Crippen molar-refractivity contribution in [2.45, 2.75) is 56.4 Å². The first kappa shape index (κ1) is 22.6. The van der Waals surface area contributed by atoms with Crippen molar-refractivity contribution >= 4 is 11.7 Å². The summed E-state index contributed by atoms with van der Waals surface area (Å²) in [7, 11) is 0. The highest BCUT2D eigenvalue weighted by atomic mass is 19.4. The van der Waals surface area contributed by atoms with Gasteiger partial charge in [0.2, 0.25) is 5.91 Å². The predicted octanol–water partition coefficient (Wildman–Crippen LogP) is 3.96. The van der Waals surface area contributed by atoms with Crippen molar-refractivity contribution in [1.82, 2.24) is 4.90 Å². The van der Waals surface area contributed by atoms with E-state index in [9.17, 15) is 35.9 Å². The van der Waals surface area contributed by atoms with E-state index in [0.717, 1.165) is 0 Å². The van der Waals surface area contributed by atoms with E-state index in [1.165, 1.54) is 0 Å². The Kier molecular flexibility index (Phi) is 5.92. The van der Waals surface area contributed by atoms with Gasteiger partial charge in [-0.25, -0.2) is 0 Å². The number of rotatable bonds is 5. The van der Waals surface area contributed by atoms with Gasteiger partial charge in [0.05, 0.1) is 16.7 Å². The number of amides is 1. The molecule has 10 heteroatoms. The number of hydrogen-bond acceptors (Lipinski definition) is 3. The average Bonchev–Trinajstić information content (AvgIpc) is 3.38. The number of nitrogens with two attached hydrogens (primary N) is 1. The Morgan fingerprint density at radius 2 is 1.47 bits per heavy atom. The van der Waals surface area contributed by atoms with E-state index < -0.39 is 41.2 Å². The largest absolute Gasteiger partial charge is 0.416 e. The Bertz CT molecular complexity index is 789. The molecule has 2 aliphatic rings. The van der Waals surface area contributed by atoms with Crippen LogP contribution in [0.3, 0.4) is 0 Å². The molecule has 166 valence electrons. The molecule has 0 bridgehead atoms. The number of carbonyl (C=O) groups is 2. The van der Waals surface area contributed by atoms with Crippen molar-refractivity contribution in [1.29, 1.82) is 0 Å². The molecule has 1 saturated heterocycles. The normalized spacial score (nSPS) is 19.6. The fourth-order valence-corrected chi connectivity index (χ4v) is 3.75. The number of carbonyl (C=O) groups excluding carboxylic acids is 2. The number of ketones is 1. The molecule has 1 saturated carbocycles. The molecule has 2 fully saturated rings. The molecule has 1 heterocycles. The van der Waals surface area contributed by atoms with Crippen molar-refractivity contribution in [3.63, 3.8) is 0 Å². The van der Waals surface area contributed by atoms with Crippen LogP contribution in [-0.2, 0) is 28.4 Å². The van der Waals surface area contributed by atoms with Gasteiger partial charge in [0.1, 0.15) is 5.78 Å². The maximum absolute atomic E-state index is 12.9. The average molecular weight is 436 g/mol. The second-order valence-electron chi connectivity index (χ2n) is 8.23. The lowest BCUT2D eigenvalue weighted by Crippen LogP contribution is -2.48. The molecule has 3 rings (SSSR count). The molecular formula is C20H22F6N2O2. The summed E-state index contributed by atoms with van der Waals surface area (Å²) in [5, 5.41) is 0. The number of alkyl halides is 6. The van der Waals surface area contributed by atoms with Crippen LogP contribution in [0.1, 0.15) is 48.8 Å². The summed E-state index contributed by atoms with van der Waals surface area (Å²) in [5.74, 6) is -0.594. The number of Topliss-reactive ketones (excluding diaryl/α,β-unsaturated/α-hetero) is 1. The van der Waals surface area contributed by atoms with Crippen LogP contribution in [0.2, 0.25) is 0 Å². The number of likely N-dealkylation sites (tertiary alicyclic amines) is 1. The van der Waals surface area contributed by atoms with Crippen LogP contribution in [0, 0.1) is 5.92 Å². The van der Waals surface area contributed by atoms with E-state index in [1.807, 2.05) is 0 Å². The minimum Gasteiger partial charge on any atom is -0.341 e. The summed E-state index contributed by atoms with van der Waals surface area (Å²) in [6, 6.07) is 1.22. The van der Waals surface area contributed by atoms with Crippen molar-refractivity contribution in [3.8, 4) is 0 Å². The lowest BCUT2D eigenvalue weighted by Gasteiger charge is -2.33. The van der Waals surface area contributed by atoms with Crippen LogP contribution in [-0.4, -0.2) is 35.2 Å². The molecule has 4 nitrogen and oxygen atoms in total. The van der Waals surface area contributed by atoms with Crippen LogP contribution in [0.5, 0.6) is 0 Å². The molecular weight excluding hydrogens is 414 g/mol. The SMILES string of the molecule is NC1(C(=O)N2CCC(CC(=O)Cc3cc(C(F)(F)F)cc(C(F)(F)F)c3)CC2)CC1. The third-order valence-electron chi connectivity index (χ3n) is 5.68. The molecule has 1 aromatic rings. The van der Waals surface area contributed by atoms with Gasteiger partial charge in [-0.1, -0.05) is 0 Å². The van der Waals surface area contributed by atoms with Crippen LogP contribution >= 0.6 is 0 Å². The fourth-order valence-electron chi connectivity index (χ4n) is 3.75. The number of hydrogen-bond donors (Lipinski definition) is 1. The summed E-state index contributed by atoms with van der Waals surface area (Å²) >= 11 is 0. The van der Waals surface area contributed by atoms with Crippen molar-refractivity contribution < 1.29 is 35.9 Å². The van der Waals surface area contributed by atoms with Crippen LogP contribution in [0.4, 0.5) is 26.3 Å². The van der Waals surface area contributed by atoms with Gasteiger partial charge < -0.3 is 10.6 Å². The summed E-state index contributed by atoms with van der Waals surface area (Å²) in [4.78, 5) is 26.2. The monoisotopic (exact) mass is 436 g/mol. The van der Waals surface area contributed by atoms with E-state index in [0.29, 0.717) is 50.9 Å². The number of benzene rings is 1. The zero-order valence-electron chi connectivity index (χ0n) is 16.1. The Labute approximate surface area is 169 Å². The van der Waals surface area contributed by atoms with E-state index in [2.05, 4.69) is 0 Å². The van der Waals surface area contributed by atoms with Crippen LogP contribution in [0.25, 0.3) is 0 Å². The summed E-state index contributed by atoms with van der Waals surface area (Å²) in [5.41, 5.74) is 1.97. The maximum atomic E-state index is 12.9. The van der Waals surface area contributed by atoms with Gasteiger partial charge in [-0.15, -0.1) is 0 Å². The topological polar surface area (TPSA) is 63.4 Å². The van der Waals surface area contributed by atoms with Gasteiger partial charge in [-0.3, -0.25) is 9.59 Å². The van der Waals surface area contributed by atoms with E-state index in [-0.39, 0.29) is 29.9 Å². The molecule has 0 aromatic heterocycles. The summed E-state index contributed by atoms with van der Waals surface area (Å²) < 4.78 is 77.7. The van der Waals surface area contributed by atoms with E-state index >= 15 is 0 Å². The third-order valence-corrected chi connectivity index (χ3v) is 5.68. The minimum atomic E-state index is -4.94. The fraction of sp³-hybridized carbons (Fsp3) is 0.600. The molecule has 1 aromatic carbocycles. The standard InChI is InChI=1S/C20H22F6N2O2/c21-19(22,23)14-7-13(8-15(11-14)20(24,25)26)10-16(29)9-12-1-5-28(6-2-12)17(30)18(27)3-4-18/h7-8,11-12H,1-6,9-10,27H2. The number of piperidine rings is 1. The Hall–Kier alpha value is -2.10. The lowest BCUT2D eigenvalue weighted by molar-refractivity contribution is -0.143. The van der Waals surface area contributed by atoms with Crippen LogP contribution < -0.4 is 5.73 Å². The molecule has 0 atom stereocenters. The lowest BCUT2D eigenvalue weighted by atomic mass is 9.89. The number of halogens is 6. The predicted molar refractivity (Wildman–Crippen MR) is 95.2 cm³/mol. The zero-order chi connectivity index (χ0) is 22.3. The van der Waals surface area contributed by atoms with E-state index in [4.69, 9.17) is 5.73 Å². The highest BCUT2D eigenvalue weighted by Gasteiger charge is 2.48. The molecule has 0 spiro atoms. The minimum absolute atomic E-state index is 0.0464. The Balaban J connectivity index is 1.60. The molecule has 1 aliphatic heterocycles. The summed E-state index contributed by atoms with van der Waals surface area (Å²) in [6.07, 6.45) is -7.94. The highest BCUT2D eigenvalue weighted by Crippen LogP contribution is 2.37. The molecule has 0 radical (unpaired) electrons. The molecule has 0 unspecified atom stereocenters. The quantitative estimate of drug-likeness (QED) is 0.711.